The Kier molecular flexibility index (Phi) is 3.30. The predicted molar refractivity (Wildman–Crippen MR) is 44.8 cm³/mol. The van der Waals surface area contributed by atoms with Crippen LogP contribution in [0, 0.1) is 17.8 Å². The predicted octanol–water partition coefficient (Wildman–Crippen LogP) is -0.753. The molecule has 4 nitrogen and oxygen atoms in total. The van der Waals surface area contributed by atoms with Crippen molar-refractivity contribution in [2.45, 2.75) is 13.8 Å². The van der Waals surface area contributed by atoms with Gasteiger partial charge in [0.2, 0.25) is 5.91 Å². The molecule has 0 radical (unpaired) electrons. The summed E-state index contributed by atoms with van der Waals surface area (Å²) in [7, 11) is 0. The van der Waals surface area contributed by atoms with E-state index in [2.05, 4.69) is 5.32 Å². The third-order valence-electron chi connectivity index (χ3n) is 1.49. The summed E-state index contributed by atoms with van der Waals surface area (Å²) in [6, 6.07) is 0. The number of terminal acetylenes is 1. The fourth-order valence-electron chi connectivity index (χ4n) is 0.439. The van der Waals surface area contributed by atoms with Crippen molar-refractivity contribution in [3.8, 4) is 12.3 Å². The van der Waals surface area contributed by atoms with Crippen LogP contribution in [0.2, 0.25) is 0 Å². The van der Waals surface area contributed by atoms with Crippen LogP contribution in [0.15, 0.2) is 0 Å². The van der Waals surface area contributed by atoms with Crippen LogP contribution in [0.4, 0.5) is 0 Å². The summed E-state index contributed by atoms with van der Waals surface area (Å²) in [6.07, 6.45) is 4.80. The fourth-order valence-corrected chi connectivity index (χ4v) is 0.439. The van der Waals surface area contributed by atoms with E-state index in [-0.39, 0.29) is 6.54 Å². The van der Waals surface area contributed by atoms with E-state index in [0.29, 0.717) is 0 Å². The Morgan fingerprint density at radius 3 is 2.42 bits per heavy atom. The van der Waals surface area contributed by atoms with Gasteiger partial charge in [-0.05, 0) is 19.8 Å². The molecule has 0 aromatic carbocycles. The van der Waals surface area contributed by atoms with E-state index in [4.69, 9.17) is 12.2 Å². The number of carbonyl (C=O) groups excluding carboxylic acids is 2. The van der Waals surface area contributed by atoms with E-state index < -0.39 is 17.2 Å². The highest BCUT2D eigenvalue weighted by molar-refractivity contribution is 5.93. The van der Waals surface area contributed by atoms with Crippen molar-refractivity contribution in [1.29, 1.82) is 0 Å². The second-order valence-electron chi connectivity index (χ2n) is 3.08. The quantitative estimate of drug-likeness (QED) is 0.544. The first kappa shape index (κ1) is 10.5. The first-order valence-electron chi connectivity index (χ1n) is 3.44. The molecular formula is C8H12N2O2. The van der Waals surface area contributed by atoms with Crippen molar-refractivity contribution in [2.24, 2.45) is 11.1 Å². The van der Waals surface area contributed by atoms with Gasteiger partial charge in [0.25, 0.3) is 5.91 Å². The molecule has 0 spiro atoms. The average molecular weight is 168 g/mol. The van der Waals surface area contributed by atoms with Crippen LogP contribution in [0.3, 0.4) is 0 Å². The number of nitrogens with two attached hydrogens (primary N) is 1. The second kappa shape index (κ2) is 3.77. The lowest BCUT2D eigenvalue weighted by molar-refractivity contribution is -0.126. The third-order valence-corrected chi connectivity index (χ3v) is 1.49. The summed E-state index contributed by atoms with van der Waals surface area (Å²) in [6.45, 7) is 3.42. The highest BCUT2D eigenvalue weighted by Crippen LogP contribution is 2.11. The third kappa shape index (κ3) is 3.06. The molecule has 0 aliphatic heterocycles. The summed E-state index contributed by atoms with van der Waals surface area (Å²) in [5, 5.41) is 2.38. The van der Waals surface area contributed by atoms with Gasteiger partial charge in [0.1, 0.15) is 0 Å². The molecule has 0 aliphatic carbocycles. The second-order valence-corrected chi connectivity index (χ2v) is 3.08. The topological polar surface area (TPSA) is 72.2 Å². The van der Waals surface area contributed by atoms with Gasteiger partial charge < -0.3 is 11.1 Å². The van der Waals surface area contributed by atoms with Crippen LogP contribution < -0.4 is 11.1 Å². The smallest absolute Gasteiger partial charge is 0.295 e. The number of rotatable bonds is 3. The van der Waals surface area contributed by atoms with Gasteiger partial charge in [0, 0.05) is 6.54 Å². The monoisotopic (exact) mass is 168 g/mol. The number of hydrogen-bond donors (Lipinski definition) is 2. The Balaban J connectivity index is 4.03. The van der Waals surface area contributed by atoms with E-state index >= 15 is 0 Å². The van der Waals surface area contributed by atoms with E-state index in [1.165, 1.54) is 0 Å². The molecule has 4 heteroatoms. The molecule has 0 saturated carbocycles. The largest absolute Gasteiger partial charge is 0.369 e. The van der Waals surface area contributed by atoms with Gasteiger partial charge in [-0.15, -0.1) is 6.42 Å². The molecule has 3 N–H and O–H groups in total. The minimum atomic E-state index is -0.757. The molecule has 0 bridgehead atoms. The molecule has 0 saturated heterocycles. The maximum Gasteiger partial charge on any atom is 0.295 e. The zero-order valence-corrected chi connectivity index (χ0v) is 7.18. The van der Waals surface area contributed by atoms with E-state index in [9.17, 15) is 9.59 Å². The molecule has 0 atom stereocenters. The molecule has 0 fully saturated rings. The molecule has 12 heavy (non-hydrogen) atoms. The van der Waals surface area contributed by atoms with E-state index in [0.717, 1.165) is 0 Å². The Bertz CT molecular complexity index is 238. The van der Waals surface area contributed by atoms with Gasteiger partial charge >= 0.3 is 0 Å². The summed E-state index contributed by atoms with van der Waals surface area (Å²) in [4.78, 5) is 21.3. The van der Waals surface area contributed by atoms with Crippen molar-refractivity contribution in [1.82, 2.24) is 5.32 Å². The van der Waals surface area contributed by atoms with Gasteiger partial charge in [-0.25, -0.2) is 0 Å². The van der Waals surface area contributed by atoms with Gasteiger partial charge in [-0.1, -0.05) is 0 Å². The number of hydrogen-bond acceptors (Lipinski definition) is 2. The van der Waals surface area contributed by atoms with Crippen LogP contribution >= 0.6 is 0 Å². The zero-order valence-electron chi connectivity index (χ0n) is 7.18. The lowest BCUT2D eigenvalue weighted by Crippen LogP contribution is -2.42. The highest BCUT2D eigenvalue weighted by atomic mass is 16.2. The van der Waals surface area contributed by atoms with Crippen LogP contribution in [-0.2, 0) is 9.59 Å². The molecule has 0 aromatic heterocycles. The summed E-state index contributed by atoms with van der Waals surface area (Å²) < 4.78 is 0. The standard InChI is InChI=1S/C8H12N2O2/c1-4-6(11)10-5-8(2,3)7(9)12/h1H,5H2,2-3H3,(H2,9,12)(H,10,11). The molecule has 2 amide bonds. The lowest BCUT2D eigenvalue weighted by Gasteiger charge is -2.19. The van der Waals surface area contributed by atoms with Crippen molar-refractivity contribution >= 4 is 11.8 Å². The van der Waals surface area contributed by atoms with Gasteiger partial charge in [-0.2, -0.15) is 0 Å². The van der Waals surface area contributed by atoms with Gasteiger partial charge in [0.15, 0.2) is 0 Å². The maximum absolute atomic E-state index is 10.7. The lowest BCUT2D eigenvalue weighted by atomic mass is 9.93. The fraction of sp³-hybridized carbons (Fsp3) is 0.500. The van der Waals surface area contributed by atoms with Gasteiger partial charge in [-0.3, -0.25) is 9.59 Å². The Labute approximate surface area is 71.5 Å². The molecule has 0 rings (SSSR count). The Morgan fingerprint density at radius 1 is 1.58 bits per heavy atom. The molecular weight excluding hydrogens is 156 g/mol. The van der Waals surface area contributed by atoms with E-state index in [1.807, 2.05) is 5.92 Å². The number of primary amides is 1. The van der Waals surface area contributed by atoms with Crippen LogP contribution in [0.25, 0.3) is 0 Å². The Morgan fingerprint density at radius 2 is 2.08 bits per heavy atom. The molecule has 0 aromatic rings. The van der Waals surface area contributed by atoms with Crippen LogP contribution in [0.5, 0.6) is 0 Å². The normalized spacial score (nSPS) is 10.1. The molecule has 66 valence electrons. The minimum Gasteiger partial charge on any atom is -0.369 e. The van der Waals surface area contributed by atoms with Gasteiger partial charge in [0.05, 0.1) is 5.41 Å². The van der Waals surface area contributed by atoms with Crippen LogP contribution in [0.1, 0.15) is 13.8 Å². The molecule has 0 unspecified atom stereocenters. The van der Waals surface area contributed by atoms with Crippen molar-refractivity contribution in [3.63, 3.8) is 0 Å². The summed E-state index contributed by atoms with van der Waals surface area (Å²) in [5.41, 5.74) is 4.30. The number of amides is 2. The first-order valence-corrected chi connectivity index (χ1v) is 3.44. The van der Waals surface area contributed by atoms with Crippen molar-refractivity contribution in [2.75, 3.05) is 6.54 Å². The molecule has 0 heterocycles. The SMILES string of the molecule is C#CC(=O)NCC(C)(C)C(N)=O. The zero-order chi connectivity index (χ0) is 9.78. The van der Waals surface area contributed by atoms with Crippen LogP contribution in [-0.4, -0.2) is 18.4 Å². The Hall–Kier alpha value is -1.50. The van der Waals surface area contributed by atoms with Crippen molar-refractivity contribution < 1.29 is 9.59 Å². The average Bonchev–Trinajstić information content (AvgIpc) is 2.00. The number of nitrogens with one attached hydrogen (secondary N) is 1. The first-order chi connectivity index (χ1) is 5.40. The van der Waals surface area contributed by atoms with Crippen molar-refractivity contribution in [3.05, 3.63) is 0 Å². The summed E-state index contributed by atoms with van der Waals surface area (Å²) in [5.74, 6) is 0.864. The minimum absolute atomic E-state index is 0.158. The number of carbonyl (C=O) groups is 2. The summed E-state index contributed by atoms with van der Waals surface area (Å²) >= 11 is 0. The maximum atomic E-state index is 10.7. The van der Waals surface area contributed by atoms with E-state index in [1.54, 1.807) is 13.8 Å². The molecule has 0 aliphatic rings. The highest BCUT2D eigenvalue weighted by Gasteiger charge is 2.24.